The summed E-state index contributed by atoms with van der Waals surface area (Å²) in [5.74, 6) is 0.227. The number of imidazole rings is 1. The van der Waals surface area contributed by atoms with Gasteiger partial charge in [0.1, 0.15) is 11.4 Å². The molecule has 5 heteroatoms. The zero-order valence-electron chi connectivity index (χ0n) is 12.1. The lowest BCUT2D eigenvalue weighted by molar-refractivity contribution is -0.145. The van der Waals surface area contributed by atoms with Crippen molar-refractivity contribution >= 4 is 5.97 Å². The Labute approximate surface area is 115 Å². The van der Waals surface area contributed by atoms with E-state index in [1.807, 2.05) is 27.0 Å². The maximum absolute atomic E-state index is 11.5. The first-order valence-electron chi connectivity index (χ1n) is 7.02. The molecule has 0 spiro atoms. The van der Waals surface area contributed by atoms with Crippen molar-refractivity contribution in [2.75, 3.05) is 6.54 Å². The first-order chi connectivity index (χ1) is 9.05. The molecule has 19 heavy (non-hydrogen) atoms. The second kappa shape index (κ2) is 7.28. The van der Waals surface area contributed by atoms with Crippen molar-refractivity contribution in [3.05, 3.63) is 18.2 Å². The van der Waals surface area contributed by atoms with Gasteiger partial charge in [-0.15, -0.1) is 0 Å². The Bertz CT molecular complexity index is 403. The van der Waals surface area contributed by atoms with E-state index < -0.39 is 11.5 Å². The van der Waals surface area contributed by atoms with E-state index in [1.54, 1.807) is 6.20 Å². The van der Waals surface area contributed by atoms with Gasteiger partial charge in [-0.25, -0.2) is 4.98 Å². The number of carboxylic acids is 1. The van der Waals surface area contributed by atoms with Crippen molar-refractivity contribution in [1.82, 2.24) is 14.9 Å². The van der Waals surface area contributed by atoms with Crippen molar-refractivity contribution in [1.29, 1.82) is 0 Å². The molecule has 0 saturated carbocycles. The second-order valence-corrected chi connectivity index (χ2v) is 4.94. The second-order valence-electron chi connectivity index (χ2n) is 4.94. The molecule has 108 valence electrons. The van der Waals surface area contributed by atoms with Gasteiger partial charge in [-0.3, -0.25) is 4.79 Å². The number of hydrogen-bond acceptors (Lipinski definition) is 3. The topological polar surface area (TPSA) is 67.2 Å². The highest BCUT2D eigenvalue weighted by Gasteiger charge is 2.35. The van der Waals surface area contributed by atoms with Gasteiger partial charge in [0.15, 0.2) is 0 Å². The minimum absolute atomic E-state index is 0.602. The Hall–Kier alpha value is -1.36. The zero-order chi connectivity index (χ0) is 14.3. The largest absolute Gasteiger partial charge is 0.480 e. The molecule has 0 fully saturated rings. The van der Waals surface area contributed by atoms with Crippen LogP contribution in [0.4, 0.5) is 0 Å². The van der Waals surface area contributed by atoms with Gasteiger partial charge in [-0.05, 0) is 39.2 Å². The van der Waals surface area contributed by atoms with Gasteiger partial charge in [0.25, 0.3) is 0 Å². The molecular weight excluding hydrogens is 242 g/mol. The summed E-state index contributed by atoms with van der Waals surface area (Å²) >= 11 is 0. The first kappa shape index (κ1) is 15.7. The fraction of sp³-hybridized carbons (Fsp3) is 0.714. The Morgan fingerprint density at radius 3 is 2.74 bits per heavy atom. The number of aromatic nitrogens is 2. The third-order valence-electron chi connectivity index (χ3n) is 3.65. The molecule has 5 nitrogen and oxygen atoms in total. The molecule has 1 aromatic rings. The summed E-state index contributed by atoms with van der Waals surface area (Å²) in [6.07, 6.45) is 6.71. The summed E-state index contributed by atoms with van der Waals surface area (Å²) in [5, 5.41) is 12.7. The van der Waals surface area contributed by atoms with Crippen LogP contribution in [0, 0.1) is 6.92 Å². The molecule has 0 aliphatic rings. The number of nitrogens with zero attached hydrogens (tertiary/aromatic N) is 2. The van der Waals surface area contributed by atoms with Gasteiger partial charge in [0, 0.05) is 18.9 Å². The number of carboxylic acid groups (broad SMARTS) is 1. The fourth-order valence-corrected chi connectivity index (χ4v) is 2.28. The van der Waals surface area contributed by atoms with Crippen LogP contribution < -0.4 is 5.32 Å². The van der Waals surface area contributed by atoms with Gasteiger partial charge in [-0.2, -0.15) is 0 Å². The average Bonchev–Trinajstić information content (AvgIpc) is 2.79. The van der Waals surface area contributed by atoms with E-state index in [-0.39, 0.29) is 0 Å². The molecule has 0 aromatic carbocycles. The lowest BCUT2D eigenvalue weighted by Crippen LogP contribution is -2.52. The Morgan fingerprint density at radius 2 is 2.26 bits per heavy atom. The molecular formula is C14H25N3O2. The van der Waals surface area contributed by atoms with Crippen LogP contribution in [0.2, 0.25) is 0 Å². The lowest BCUT2D eigenvalue weighted by Gasteiger charge is -2.29. The summed E-state index contributed by atoms with van der Waals surface area (Å²) in [6.45, 7) is 7.49. The smallest absolute Gasteiger partial charge is 0.323 e. The van der Waals surface area contributed by atoms with E-state index >= 15 is 0 Å². The van der Waals surface area contributed by atoms with Crippen molar-refractivity contribution in [3.63, 3.8) is 0 Å². The fourth-order valence-electron chi connectivity index (χ4n) is 2.28. The highest BCUT2D eigenvalue weighted by Crippen LogP contribution is 2.19. The van der Waals surface area contributed by atoms with Gasteiger partial charge >= 0.3 is 5.97 Å². The van der Waals surface area contributed by atoms with E-state index in [4.69, 9.17) is 0 Å². The van der Waals surface area contributed by atoms with Crippen LogP contribution in [0.25, 0.3) is 0 Å². The molecule has 2 N–H and O–H groups in total. The van der Waals surface area contributed by atoms with Crippen LogP contribution in [0.1, 0.15) is 45.4 Å². The third-order valence-corrected chi connectivity index (χ3v) is 3.65. The Kier molecular flexibility index (Phi) is 6.02. The van der Waals surface area contributed by atoms with E-state index in [9.17, 15) is 9.90 Å². The molecule has 0 bridgehead atoms. The molecule has 0 radical (unpaired) electrons. The van der Waals surface area contributed by atoms with E-state index in [0.29, 0.717) is 12.8 Å². The van der Waals surface area contributed by atoms with Gasteiger partial charge < -0.3 is 15.0 Å². The van der Waals surface area contributed by atoms with E-state index in [1.165, 1.54) is 0 Å². The minimum Gasteiger partial charge on any atom is -0.480 e. The monoisotopic (exact) mass is 267 g/mol. The highest BCUT2D eigenvalue weighted by molar-refractivity contribution is 5.78. The number of rotatable bonds is 9. The number of aryl methyl sites for hydroxylation is 2. The Balaban J connectivity index is 2.57. The maximum atomic E-state index is 11.5. The normalized spacial score (nSPS) is 14.3. The summed E-state index contributed by atoms with van der Waals surface area (Å²) < 4.78 is 2.06. The molecule has 1 heterocycles. The highest BCUT2D eigenvalue weighted by atomic mass is 16.4. The molecule has 0 aliphatic carbocycles. The Morgan fingerprint density at radius 1 is 1.53 bits per heavy atom. The number of carbonyl (C=O) groups is 1. The van der Waals surface area contributed by atoms with Crippen LogP contribution in [-0.2, 0) is 11.3 Å². The van der Waals surface area contributed by atoms with Crippen molar-refractivity contribution < 1.29 is 9.90 Å². The number of nitrogens with one attached hydrogen (secondary N) is 1. The van der Waals surface area contributed by atoms with Crippen molar-refractivity contribution in [2.24, 2.45) is 0 Å². The predicted octanol–water partition coefficient (Wildman–Crippen LogP) is 2.20. The van der Waals surface area contributed by atoms with Crippen molar-refractivity contribution in [3.8, 4) is 0 Å². The van der Waals surface area contributed by atoms with Gasteiger partial charge in [-0.1, -0.05) is 13.8 Å². The molecule has 0 amide bonds. The van der Waals surface area contributed by atoms with Crippen LogP contribution in [0.15, 0.2) is 12.4 Å². The summed E-state index contributed by atoms with van der Waals surface area (Å²) in [7, 11) is 0. The lowest BCUT2D eigenvalue weighted by atomic mass is 9.90. The van der Waals surface area contributed by atoms with Crippen molar-refractivity contribution in [2.45, 2.75) is 58.5 Å². The summed E-state index contributed by atoms with van der Waals surface area (Å²) in [4.78, 5) is 15.7. The zero-order valence-corrected chi connectivity index (χ0v) is 12.1. The standard InChI is InChI=1S/C14H25N3O2/c1-4-8-16-14(5-2,13(18)19)7-6-10-17-11-9-15-12(17)3/h9,11,16H,4-8,10H2,1-3H3,(H,18,19). The molecule has 0 saturated heterocycles. The molecule has 1 rings (SSSR count). The molecule has 1 aromatic heterocycles. The van der Waals surface area contributed by atoms with Crippen LogP contribution in [-0.4, -0.2) is 32.7 Å². The average molecular weight is 267 g/mol. The summed E-state index contributed by atoms with van der Waals surface area (Å²) in [6, 6.07) is 0. The van der Waals surface area contributed by atoms with E-state index in [0.717, 1.165) is 31.8 Å². The molecule has 1 atom stereocenters. The van der Waals surface area contributed by atoms with Crippen LogP contribution >= 0.6 is 0 Å². The molecule has 1 unspecified atom stereocenters. The van der Waals surface area contributed by atoms with Crippen LogP contribution in [0.3, 0.4) is 0 Å². The molecule has 0 aliphatic heterocycles. The van der Waals surface area contributed by atoms with Crippen LogP contribution in [0.5, 0.6) is 0 Å². The SMILES string of the molecule is CCCNC(CC)(CCCn1ccnc1C)C(=O)O. The minimum atomic E-state index is -0.787. The van der Waals surface area contributed by atoms with Gasteiger partial charge in [0.05, 0.1) is 0 Å². The number of hydrogen-bond donors (Lipinski definition) is 2. The van der Waals surface area contributed by atoms with E-state index in [2.05, 4.69) is 14.9 Å². The maximum Gasteiger partial charge on any atom is 0.323 e. The third kappa shape index (κ3) is 4.06. The quantitative estimate of drug-likeness (QED) is 0.720. The predicted molar refractivity (Wildman–Crippen MR) is 75.1 cm³/mol. The number of aliphatic carboxylic acids is 1. The summed E-state index contributed by atoms with van der Waals surface area (Å²) in [5.41, 5.74) is -0.787. The van der Waals surface area contributed by atoms with Gasteiger partial charge in [0.2, 0.25) is 0 Å². The first-order valence-corrected chi connectivity index (χ1v) is 7.02.